The highest BCUT2D eigenvalue weighted by Gasteiger charge is 2.29. The van der Waals surface area contributed by atoms with Gasteiger partial charge in [-0.1, -0.05) is 6.07 Å². The van der Waals surface area contributed by atoms with E-state index < -0.39 is 0 Å². The number of methoxy groups -OCH3 is 4. The summed E-state index contributed by atoms with van der Waals surface area (Å²) >= 11 is 0. The van der Waals surface area contributed by atoms with E-state index in [2.05, 4.69) is 5.32 Å². The maximum Gasteiger partial charge on any atom is 0.220 e. The number of aliphatic hydroxyl groups excluding tert-OH is 1. The lowest BCUT2D eigenvalue weighted by Gasteiger charge is -2.19. The summed E-state index contributed by atoms with van der Waals surface area (Å²) in [6.07, 6.45) is 1.27. The number of benzene rings is 1. The number of fused-ring (bicyclic) bond motifs is 3. The molecule has 2 aromatic carbocycles. The lowest BCUT2D eigenvalue weighted by Crippen LogP contribution is -2.26. The molecular formula is C23H29NO7. The van der Waals surface area contributed by atoms with E-state index in [9.17, 15) is 9.59 Å². The Kier molecular flexibility index (Phi) is 8.27. The van der Waals surface area contributed by atoms with Crippen LogP contribution in [-0.4, -0.2) is 46.6 Å². The van der Waals surface area contributed by atoms with E-state index >= 15 is 0 Å². The van der Waals surface area contributed by atoms with E-state index in [-0.39, 0.29) is 23.1 Å². The summed E-state index contributed by atoms with van der Waals surface area (Å²) in [4.78, 5) is 24.5. The number of rotatable bonds is 5. The fourth-order valence-electron chi connectivity index (χ4n) is 3.86. The second kappa shape index (κ2) is 10.7. The number of ether oxygens (including phenoxy) is 4. The van der Waals surface area contributed by atoms with Crippen molar-refractivity contribution < 1.29 is 28.8 Å². The van der Waals surface area contributed by atoms with Crippen LogP contribution in [0.15, 0.2) is 29.1 Å². The van der Waals surface area contributed by atoms with Crippen LogP contribution in [-0.2, 0) is 11.2 Å². The first kappa shape index (κ1) is 24.0. The summed E-state index contributed by atoms with van der Waals surface area (Å²) in [6, 6.07) is 6.57. The van der Waals surface area contributed by atoms with E-state index in [0.29, 0.717) is 35.7 Å². The third-order valence-corrected chi connectivity index (χ3v) is 5.10. The van der Waals surface area contributed by atoms with Gasteiger partial charge in [-0.15, -0.1) is 0 Å². The molecule has 2 aromatic rings. The molecule has 0 heterocycles. The molecule has 168 valence electrons. The number of aryl methyl sites for hydroxylation is 1. The maximum absolute atomic E-state index is 12.6. The van der Waals surface area contributed by atoms with Crippen LogP contribution in [0.3, 0.4) is 0 Å². The van der Waals surface area contributed by atoms with E-state index in [1.807, 2.05) is 12.1 Å². The highest BCUT2D eigenvalue weighted by Crippen LogP contribution is 2.50. The van der Waals surface area contributed by atoms with E-state index in [0.717, 1.165) is 23.8 Å². The van der Waals surface area contributed by atoms with Crippen LogP contribution in [0.2, 0.25) is 0 Å². The second-order valence-corrected chi connectivity index (χ2v) is 6.75. The molecule has 0 spiro atoms. The Morgan fingerprint density at radius 1 is 0.968 bits per heavy atom. The number of hydrogen-bond acceptors (Lipinski definition) is 7. The van der Waals surface area contributed by atoms with Gasteiger partial charge in [-0.2, -0.15) is 0 Å². The summed E-state index contributed by atoms with van der Waals surface area (Å²) in [5.74, 6) is 1.60. The van der Waals surface area contributed by atoms with Crippen LogP contribution in [0.5, 0.6) is 23.0 Å². The quantitative estimate of drug-likeness (QED) is 0.750. The van der Waals surface area contributed by atoms with Crippen molar-refractivity contribution in [3.05, 3.63) is 45.6 Å². The predicted octanol–water partition coefficient (Wildman–Crippen LogP) is 2.48. The number of aliphatic hydroxyl groups is 1. The maximum atomic E-state index is 12.6. The normalized spacial score (nSPS) is 14.0. The topological polar surface area (TPSA) is 103 Å². The van der Waals surface area contributed by atoms with E-state index in [1.54, 1.807) is 27.4 Å². The smallest absolute Gasteiger partial charge is 0.220 e. The predicted molar refractivity (Wildman–Crippen MR) is 117 cm³/mol. The van der Waals surface area contributed by atoms with Gasteiger partial charge in [-0.3, -0.25) is 9.59 Å². The number of carbonyl (C=O) groups excluding carboxylic acids is 1. The zero-order chi connectivity index (χ0) is 23.1. The molecule has 0 aromatic heterocycles. The van der Waals surface area contributed by atoms with Gasteiger partial charge in [0.25, 0.3) is 0 Å². The first-order chi connectivity index (χ1) is 14.9. The minimum Gasteiger partial charge on any atom is -0.493 e. The van der Waals surface area contributed by atoms with Gasteiger partial charge in [-0.05, 0) is 47.7 Å². The molecule has 2 N–H and O–H groups in total. The number of hydrogen-bond donors (Lipinski definition) is 2. The van der Waals surface area contributed by atoms with Gasteiger partial charge in [0, 0.05) is 19.6 Å². The van der Waals surface area contributed by atoms with Crippen molar-refractivity contribution in [1.29, 1.82) is 0 Å². The molecule has 0 fully saturated rings. The number of amides is 1. The van der Waals surface area contributed by atoms with Crippen LogP contribution in [0.4, 0.5) is 0 Å². The van der Waals surface area contributed by atoms with Crippen molar-refractivity contribution >= 4 is 5.91 Å². The van der Waals surface area contributed by atoms with E-state index in [4.69, 9.17) is 24.1 Å². The van der Waals surface area contributed by atoms with Gasteiger partial charge in [0.05, 0.1) is 34.5 Å². The van der Waals surface area contributed by atoms with Crippen LogP contribution < -0.4 is 29.7 Å². The molecule has 3 rings (SSSR count). The van der Waals surface area contributed by atoms with Crippen molar-refractivity contribution in [2.45, 2.75) is 25.8 Å². The Bertz CT molecular complexity index is 1000. The SMILES string of the molecule is CO.COc1cc2c(c(OC)c1OC)-c1ccc(OC)c(=O)cc1[C@@H](NC(C)=O)CC2. The number of carbonyl (C=O) groups is 1. The van der Waals surface area contributed by atoms with Crippen LogP contribution >= 0.6 is 0 Å². The first-order valence-corrected chi connectivity index (χ1v) is 9.71. The molecule has 0 radical (unpaired) electrons. The largest absolute Gasteiger partial charge is 0.493 e. The van der Waals surface area contributed by atoms with Gasteiger partial charge >= 0.3 is 0 Å². The molecular weight excluding hydrogens is 402 g/mol. The standard InChI is InChI=1S/C22H25NO6.CH4O/c1-12(24)23-16-8-6-13-10-19(27-3)21(28-4)22(29-5)20(13)14-7-9-18(26-2)17(25)11-15(14)16;1-2/h7,9-11,16H,6,8H2,1-5H3,(H,23,24);2H,1H3/t16-;/m0./s1. The Balaban J connectivity index is 0.00000166. The lowest BCUT2D eigenvalue weighted by molar-refractivity contribution is -0.119. The molecule has 1 aliphatic rings. The van der Waals surface area contributed by atoms with Crippen molar-refractivity contribution in [2.24, 2.45) is 0 Å². The summed E-state index contributed by atoms with van der Waals surface area (Å²) in [5, 5.41) is 9.96. The number of nitrogens with one attached hydrogen (secondary N) is 1. The third-order valence-electron chi connectivity index (χ3n) is 5.10. The fourth-order valence-corrected chi connectivity index (χ4v) is 3.86. The van der Waals surface area contributed by atoms with Crippen LogP contribution in [0.25, 0.3) is 11.1 Å². The lowest BCUT2D eigenvalue weighted by atomic mass is 9.95. The third kappa shape index (κ3) is 4.74. The Morgan fingerprint density at radius 3 is 2.16 bits per heavy atom. The second-order valence-electron chi connectivity index (χ2n) is 6.75. The Hall–Kier alpha value is -3.26. The summed E-state index contributed by atoms with van der Waals surface area (Å²) in [7, 11) is 7.14. The molecule has 0 saturated carbocycles. The molecule has 0 unspecified atom stereocenters. The Morgan fingerprint density at radius 2 is 1.61 bits per heavy atom. The van der Waals surface area contributed by atoms with Gasteiger partial charge in [0.2, 0.25) is 17.1 Å². The minimum absolute atomic E-state index is 0.167. The molecule has 31 heavy (non-hydrogen) atoms. The van der Waals surface area contributed by atoms with Gasteiger partial charge in [0.1, 0.15) is 0 Å². The molecule has 0 bridgehead atoms. The zero-order valence-corrected chi connectivity index (χ0v) is 18.7. The average molecular weight is 431 g/mol. The first-order valence-electron chi connectivity index (χ1n) is 9.71. The van der Waals surface area contributed by atoms with E-state index in [1.165, 1.54) is 20.1 Å². The van der Waals surface area contributed by atoms with Gasteiger partial charge < -0.3 is 29.4 Å². The van der Waals surface area contributed by atoms with Crippen molar-refractivity contribution in [1.82, 2.24) is 5.32 Å². The van der Waals surface area contributed by atoms with Crippen molar-refractivity contribution in [3.8, 4) is 34.1 Å². The molecule has 8 nitrogen and oxygen atoms in total. The molecule has 1 atom stereocenters. The van der Waals surface area contributed by atoms with Crippen LogP contribution in [0.1, 0.15) is 30.5 Å². The Labute approximate surface area is 181 Å². The fraction of sp³-hybridized carbons (Fsp3) is 0.391. The summed E-state index contributed by atoms with van der Waals surface area (Å²) in [5.41, 5.74) is 3.01. The highest BCUT2D eigenvalue weighted by atomic mass is 16.5. The zero-order valence-electron chi connectivity index (χ0n) is 18.7. The highest BCUT2D eigenvalue weighted by molar-refractivity contribution is 5.83. The molecule has 1 aliphatic carbocycles. The monoisotopic (exact) mass is 431 g/mol. The molecule has 8 heteroatoms. The summed E-state index contributed by atoms with van der Waals surface area (Å²) < 4.78 is 22.0. The van der Waals surface area contributed by atoms with Gasteiger partial charge in [0.15, 0.2) is 17.2 Å². The van der Waals surface area contributed by atoms with Crippen LogP contribution in [0, 0.1) is 0 Å². The average Bonchev–Trinajstić information content (AvgIpc) is 3.02. The molecule has 1 amide bonds. The van der Waals surface area contributed by atoms with Crippen molar-refractivity contribution in [3.63, 3.8) is 0 Å². The minimum atomic E-state index is -0.332. The van der Waals surface area contributed by atoms with Gasteiger partial charge in [-0.25, -0.2) is 0 Å². The summed E-state index contributed by atoms with van der Waals surface area (Å²) in [6.45, 7) is 1.46. The molecule has 0 aliphatic heterocycles. The van der Waals surface area contributed by atoms with Crippen molar-refractivity contribution in [2.75, 3.05) is 35.5 Å². The molecule has 0 saturated heterocycles.